The smallest absolute Gasteiger partial charge is 0.242 e. The minimum absolute atomic E-state index is 0.0498. The van der Waals surface area contributed by atoms with Crippen LogP contribution in [0, 0.1) is 5.92 Å². The van der Waals surface area contributed by atoms with Gasteiger partial charge in [-0.1, -0.05) is 41.9 Å². The molecule has 2 aromatic rings. The summed E-state index contributed by atoms with van der Waals surface area (Å²) in [5, 5.41) is 13.9. The molecule has 1 aliphatic carbocycles. The highest BCUT2D eigenvalue weighted by atomic mass is 32.2. The minimum atomic E-state index is -3.61. The summed E-state index contributed by atoms with van der Waals surface area (Å²) in [7, 11) is -0.177. The van der Waals surface area contributed by atoms with Gasteiger partial charge in [0.25, 0.3) is 0 Å². The number of fused-ring (bicyclic) bond motifs is 1. The lowest BCUT2D eigenvalue weighted by atomic mass is 9.88. The van der Waals surface area contributed by atoms with Gasteiger partial charge in [-0.15, -0.1) is 0 Å². The van der Waals surface area contributed by atoms with E-state index < -0.39 is 16.1 Å². The standard InChI is InChI=1S/C23H33BN2O3S/c1-23(2,14-17-12-18-6-4-5-7-19(18)13-17)25-15-21(27)16-26(3)30(28,29)22-10-8-20(24)9-11-22/h4-11,17,21,25,27H,12-16,24H2,1-3H3. The molecule has 1 unspecified atom stereocenters. The largest absolute Gasteiger partial charge is 0.390 e. The fraction of sp³-hybridized carbons (Fsp3) is 0.478. The maximum Gasteiger partial charge on any atom is 0.242 e. The zero-order valence-corrected chi connectivity index (χ0v) is 19.2. The average molecular weight is 428 g/mol. The van der Waals surface area contributed by atoms with Crippen molar-refractivity contribution in [3.05, 3.63) is 59.7 Å². The van der Waals surface area contributed by atoms with E-state index in [9.17, 15) is 13.5 Å². The number of likely N-dealkylation sites (N-methyl/N-ethyl adjacent to an activating group) is 1. The van der Waals surface area contributed by atoms with Crippen molar-refractivity contribution >= 4 is 23.3 Å². The lowest BCUT2D eigenvalue weighted by Crippen LogP contribution is -2.47. The van der Waals surface area contributed by atoms with E-state index in [1.807, 2.05) is 7.85 Å². The number of hydrogen-bond acceptors (Lipinski definition) is 4. The van der Waals surface area contributed by atoms with E-state index in [0.29, 0.717) is 12.5 Å². The van der Waals surface area contributed by atoms with Crippen LogP contribution in [-0.4, -0.2) is 57.5 Å². The first-order valence-corrected chi connectivity index (χ1v) is 12.0. The van der Waals surface area contributed by atoms with Crippen molar-refractivity contribution in [3.63, 3.8) is 0 Å². The molecule has 0 amide bonds. The van der Waals surface area contributed by atoms with Crippen LogP contribution in [0.1, 0.15) is 31.4 Å². The normalized spacial score (nSPS) is 16.0. The number of nitrogens with zero attached hydrogens (tertiary/aromatic N) is 1. The molecule has 2 aromatic carbocycles. The maximum absolute atomic E-state index is 12.7. The van der Waals surface area contributed by atoms with Crippen LogP contribution in [0.15, 0.2) is 53.4 Å². The molecular formula is C23H33BN2O3S. The molecule has 0 bridgehead atoms. The molecule has 5 nitrogen and oxygen atoms in total. The molecule has 0 spiro atoms. The SMILES string of the molecule is Bc1ccc(S(=O)(=O)N(C)CC(O)CNC(C)(C)CC2Cc3ccccc3C2)cc1. The molecule has 30 heavy (non-hydrogen) atoms. The van der Waals surface area contributed by atoms with Crippen LogP contribution in [0.5, 0.6) is 0 Å². The number of aliphatic hydroxyl groups is 1. The van der Waals surface area contributed by atoms with Gasteiger partial charge in [-0.25, -0.2) is 8.42 Å². The van der Waals surface area contributed by atoms with Gasteiger partial charge < -0.3 is 10.4 Å². The zero-order chi connectivity index (χ0) is 21.9. The van der Waals surface area contributed by atoms with Crippen LogP contribution >= 0.6 is 0 Å². The van der Waals surface area contributed by atoms with Crippen LogP contribution in [0.25, 0.3) is 0 Å². The Kier molecular flexibility index (Phi) is 7.07. The van der Waals surface area contributed by atoms with Crippen molar-refractivity contribution in [2.45, 2.75) is 49.6 Å². The second-order valence-corrected chi connectivity index (χ2v) is 11.3. The van der Waals surface area contributed by atoms with Gasteiger partial charge in [0.2, 0.25) is 10.0 Å². The fourth-order valence-corrected chi connectivity index (χ4v) is 5.54. The Balaban J connectivity index is 1.49. The molecule has 0 radical (unpaired) electrons. The topological polar surface area (TPSA) is 69.6 Å². The van der Waals surface area contributed by atoms with Gasteiger partial charge in [-0.3, -0.25) is 0 Å². The molecule has 7 heteroatoms. The minimum Gasteiger partial charge on any atom is -0.390 e. The second kappa shape index (κ2) is 9.22. The summed E-state index contributed by atoms with van der Waals surface area (Å²) in [6.45, 7) is 4.69. The van der Waals surface area contributed by atoms with Crippen molar-refractivity contribution < 1.29 is 13.5 Å². The van der Waals surface area contributed by atoms with Gasteiger partial charge in [-0.2, -0.15) is 4.31 Å². The Morgan fingerprint density at radius 1 is 1.13 bits per heavy atom. The van der Waals surface area contributed by atoms with E-state index in [0.717, 1.165) is 24.7 Å². The molecule has 1 atom stereocenters. The lowest BCUT2D eigenvalue weighted by molar-refractivity contribution is 0.135. The predicted octanol–water partition coefficient (Wildman–Crippen LogP) is 1.10. The van der Waals surface area contributed by atoms with Crippen molar-refractivity contribution in [2.24, 2.45) is 5.92 Å². The third-order valence-corrected chi connectivity index (χ3v) is 7.79. The molecule has 0 aliphatic heterocycles. The molecule has 0 fully saturated rings. The number of β-amino-alcohol motifs (C(OH)–C–C–N with tert-alkyl or cyclic N) is 1. The van der Waals surface area contributed by atoms with E-state index in [-0.39, 0.29) is 17.0 Å². The number of rotatable bonds is 9. The van der Waals surface area contributed by atoms with Crippen molar-refractivity contribution in [3.8, 4) is 0 Å². The van der Waals surface area contributed by atoms with E-state index in [4.69, 9.17) is 0 Å². The fourth-order valence-electron chi connectivity index (χ4n) is 4.33. The van der Waals surface area contributed by atoms with Gasteiger partial charge in [-0.05, 0) is 62.3 Å². The summed E-state index contributed by atoms with van der Waals surface area (Å²) in [6, 6.07) is 15.4. The summed E-state index contributed by atoms with van der Waals surface area (Å²) in [4.78, 5) is 0.247. The molecule has 0 heterocycles. The second-order valence-electron chi connectivity index (χ2n) is 9.26. The number of aliphatic hydroxyl groups excluding tert-OH is 1. The summed E-state index contributed by atoms with van der Waals surface area (Å²) < 4.78 is 26.7. The van der Waals surface area contributed by atoms with Crippen molar-refractivity contribution in [1.29, 1.82) is 0 Å². The predicted molar refractivity (Wildman–Crippen MR) is 124 cm³/mol. The summed E-state index contributed by atoms with van der Waals surface area (Å²) >= 11 is 0. The van der Waals surface area contributed by atoms with E-state index in [2.05, 4.69) is 43.4 Å². The quantitative estimate of drug-likeness (QED) is 0.587. The first kappa shape index (κ1) is 23.0. The maximum atomic E-state index is 12.7. The molecule has 2 N–H and O–H groups in total. The van der Waals surface area contributed by atoms with E-state index in [1.165, 1.54) is 22.5 Å². The molecule has 0 aromatic heterocycles. The highest BCUT2D eigenvalue weighted by Gasteiger charge is 2.29. The van der Waals surface area contributed by atoms with Gasteiger partial charge in [0.1, 0.15) is 7.85 Å². The van der Waals surface area contributed by atoms with Crippen LogP contribution < -0.4 is 10.8 Å². The first-order chi connectivity index (χ1) is 14.1. The molecule has 0 saturated carbocycles. The summed E-state index contributed by atoms with van der Waals surface area (Å²) in [5.41, 5.74) is 3.76. The van der Waals surface area contributed by atoms with Crippen molar-refractivity contribution in [1.82, 2.24) is 9.62 Å². The van der Waals surface area contributed by atoms with Gasteiger partial charge >= 0.3 is 0 Å². The monoisotopic (exact) mass is 428 g/mol. The Labute approximate surface area is 182 Å². The Hall–Kier alpha value is -1.67. The molecule has 162 valence electrons. The van der Waals surface area contributed by atoms with Crippen LogP contribution in [0.4, 0.5) is 0 Å². The van der Waals surface area contributed by atoms with E-state index in [1.54, 1.807) is 24.3 Å². The highest BCUT2D eigenvalue weighted by Crippen LogP contribution is 2.31. The zero-order valence-electron chi connectivity index (χ0n) is 18.4. The molecule has 3 rings (SSSR count). The van der Waals surface area contributed by atoms with Crippen LogP contribution in [0.3, 0.4) is 0 Å². The number of benzene rings is 2. The number of hydrogen-bond donors (Lipinski definition) is 2. The van der Waals surface area contributed by atoms with Crippen LogP contribution in [-0.2, 0) is 22.9 Å². The number of nitrogens with one attached hydrogen (secondary N) is 1. The van der Waals surface area contributed by atoms with Crippen molar-refractivity contribution in [2.75, 3.05) is 20.1 Å². The Morgan fingerprint density at radius 2 is 1.70 bits per heavy atom. The molecule has 0 saturated heterocycles. The molecule has 1 aliphatic rings. The van der Waals surface area contributed by atoms with Gasteiger partial charge in [0, 0.05) is 25.7 Å². The summed E-state index contributed by atoms with van der Waals surface area (Å²) in [5.74, 6) is 0.589. The van der Waals surface area contributed by atoms with Crippen LogP contribution in [0.2, 0.25) is 0 Å². The average Bonchev–Trinajstić information content (AvgIpc) is 3.08. The first-order valence-electron chi connectivity index (χ1n) is 10.6. The van der Waals surface area contributed by atoms with E-state index >= 15 is 0 Å². The third-order valence-electron chi connectivity index (χ3n) is 5.95. The Bertz CT molecular complexity index is 936. The highest BCUT2D eigenvalue weighted by molar-refractivity contribution is 7.89. The lowest BCUT2D eigenvalue weighted by Gasteiger charge is -2.31. The number of sulfonamides is 1. The summed E-state index contributed by atoms with van der Waals surface area (Å²) in [6.07, 6.45) is 2.42. The van der Waals surface area contributed by atoms with Gasteiger partial charge in [0.15, 0.2) is 0 Å². The third kappa shape index (κ3) is 5.73. The van der Waals surface area contributed by atoms with Gasteiger partial charge in [0.05, 0.1) is 11.0 Å². The Morgan fingerprint density at radius 3 is 2.27 bits per heavy atom. The molecular weight excluding hydrogens is 395 g/mol.